The quantitative estimate of drug-likeness (QED) is 0.589. The van der Waals surface area contributed by atoms with Gasteiger partial charge in [-0.25, -0.2) is 0 Å². The molecule has 0 radical (unpaired) electrons. The van der Waals surface area contributed by atoms with E-state index in [0.717, 1.165) is 19.3 Å². The second-order valence-electron chi connectivity index (χ2n) is 9.97. The molecule has 0 spiro atoms. The second-order valence-corrected chi connectivity index (χ2v) is 14.7. The number of esters is 1. The van der Waals surface area contributed by atoms with Crippen molar-refractivity contribution in [2.24, 2.45) is 23.2 Å². The first-order chi connectivity index (χ1) is 11.3. The second kappa shape index (κ2) is 6.97. The predicted molar refractivity (Wildman–Crippen MR) is 103 cm³/mol. The van der Waals surface area contributed by atoms with Gasteiger partial charge in [0.2, 0.25) is 0 Å². The zero-order valence-corrected chi connectivity index (χ0v) is 18.4. The van der Waals surface area contributed by atoms with E-state index in [9.17, 15) is 9.90 Å². The van der Waals surface area contributed by atoms with Crippen molar-refractivity contribution in [3.63, 3.8) is 0 Å². The molecule has 0 heterocycles. The highest BCUT2D eigenvalue weighted by atomic mass is 28.4. The van der Waals surface area contributed by atoms with E-state index in [0.29, 0.717) is 18.4 Å². The fourth-order valence-electron chi connectivity index (χ4n) is 4.63. The molecule has 1 N–H and O–H groups in total. The Morgan fingerprint density at radius 3 is 2.36 bits per heavy atom. The monoisotopic (exact) mass is 370 g/mol. The summed E-state index contributed by atoms with van der Waals surface area (Å²) in [4.78, 5) is 12.3. The fraction of sp³-hybridized carbons (Fsp3) is 0.950. The Labute approximate surface area is 154 Å². The Balaban J connectivity index is 2.16. The molecule has 2 aliphatic rings. The zero-order chi connectivity index (χ0) is 19.2. The molecule has 0 amide bonds. The van der Waals surface area contributed by atoms with Gasteiger partial charge in [-0.3, -0.25) is 4.79 Å². The number of hydrogen-bond donors (Lipinski definition) is 1. The van der Waals surface area contributed by atoms with E-state index in [1.165, 1.54) is 0 Å². The Kier molecular flexibility index (Phi) is 5.83. The third-order valence-electron chi connectivity index (χ3n) is 7.52. The van der Waals surface area contributed by atoms with Gasteiger partial charge in [-0.15, -0.1) is 0 Å². The van der Waals surface area contributed by atoms with Crippen LogP contribution >= 0.6 is 0 Å². The summed E-state index contributed by atoms with van der Waals surface area (Å²) in [6.45, 7) is 18.0. The normalized spacial score (nSPS) is 39.2. The lowest BCUT2D eigenvalue weighted by Crippen LogP contribution is -2.51. The highest BCUT2D eigenvalue weighted by molar-refractivity contribution is 6.74. The van der Waals surface area contributed by atoms with Crippen molar-refractivity contribution in [1.82, 2.24) is 0 Å². The lowest BCUT2D eigenvalue weighted by atomic mass is 9.61. The Hall–Kier alpha value is -0.393. The number of aliphatic hydroxyl groups is 1. The third-order valence-corrected chi connectivity index (χ3v) is 12.1. The van der Waals surface area contributed by atoms with Crippen LogP contribution < -0.4 is 0 Å². The first kappa shape index (κ1) is 20.9. The van der Waals surface area contributed by atoms with Gasteiger partial charge in [0.05, 0.1) is 18.6 Å². The smallest absolute Gasteiger partial charge is 0.311 e. The number of carbonyl (C=O) groups excluding carboxylic acids is 1. The molecular formula is C20H38O4Si. The minimum Gasteiger partial charge on any atom is -0.466 e. The first-order valence-electron chi connectivity index (χ1n) is 9.87. The van der Waals surface area contributed by atoms with Gasteiger partial charge in [0, 0.05) is 6.10 Å². The van der Waals surface area contributed by atoms with Gasteiger partial charge in [0.25, 0.3) is 0 Å². The standard InChI is InChI=1S/C20H38O4Si/c1-9-23-18(22)16-12-14-11-15(24-25(7,8)19(3,4)5)10-13(2)20(14,6)17(16)21/h13-17,21H,9-12H2,1-8H3/t13-,14+,15+,16?,17+,20+/m1/s1. The molecule has 0 aromatic rings. The zero-order valence-electron chi connectivity index (χ0n) is 17.4. The summed E-state index contributed by atoms with van der Waals surface area (Å²) >= 11 is 0. The number of rotatable bonds is 4. The summed E-state index contributed by atoms with van der Waals surface area (Å²) in [6, 6.07) is 0. The number of carbonyl (C=O) groups is 1. The van der Waals surface area contributed by atoms with Crippen LogP contribution in [0.15, 0.2) is 0 Å². The van der Waals surface area contributed by atoms with Crippen LogP contribution in [-0.2, 0) is 14.0 Å². The summed E-state index contributed by atoms with van der Waals surface area (Å²) in [7, 11) is -1.81. The number of fused-ring (bicyclic) bond motifs is 1. The fourth-order valence-corrected chi connectivity index (χ4v) is 6.01. The van der Waals surface area contributed by atoms with E-state index >= 15 is 0 Å². The van der Waals surface area contributed by atoms with Gasteiger partial charge < -0.3 is 14.3 Å². The summed E-state index contributed by atoms with van der Waals surface area (Å²) < 4.78 is 11.9. The van der Waals surface area contributed by atoms with E-state index < -0.39 is 14.4 Å². The Bertz CT molecular complexity index is 498. The molecule has 0 aliphatic heterocycles. The minimum absolute atomic E-state index is 0.194. The number of ether oxygens (including phenoxy) is 1. The van der Waals surface area contributed by atoms with Crippen molar-refractivity contribution in [2.45, 2.75) is 91.1 Å². The molecule has 0 aromatic heterocycles. The largest absolute Gasteiger partial charge is 0.466 e. The summed E-state index contributed by atoms with van der Waals surface area (Å²) in [6.07, 6.45) is 2.26. The SMILES string of the molecule is CCOC(=O)C1C[C@@H]2C[C@@H](O[Si](C)(C)C(C)(C)C)C[C@@H](C)[C@]2(C)[C@H]1O. The molecule has 2 saturated carbocycles. The lowest BCUT2D eigenvalue weighted by Gasteiger charge is -2.49. The number of aliphatic hydroxyl groups excluding tert-OH is 1. The van der Waals surface area contributed by atoms with Gasteiger partial charge in [0.1, 0.15) is 0 Å². The molecular weight excluding hydrogens is 332 g/mol. The van der Waals surface area contributed by atoms with Crippen molar-refractivity contribution < 1.29 is 19.1 Å². The third kappa shape index (κ3) is 3.70. The van der Waals surface area contributed by atoms with Crippen molar-refractivity contribution in [2.75, 3.05) is 6.61 Å². The van der Waals surface area contributed by atoms with Crippen LogP contribution in [0.4, 0.5) is 0 Å². The molecule has 0 aromatic carbocycles. The molecule has 2 rings (SSSR count). The van der Waals surface area contributed by atoms with Gasteiger partial charge >= 0.3 is 5.97 Å². The maximum atomic E-state index is 12.3. The van der Waals surface area contributed by atoms with Crippen molar-refractivity contribution in [3.05, 3.63) is 0 Å². The maximum absolute atomic E-state index is 12.3. The Morgan fingerprint density at radius 1 is 1.24 bits per heavy atom. The Morgan fingerprint density at radius 2 is 1.84 bits per heavy atom. The van der Waals surface area contributed by atoms with Crippen LogP contribution in [0, 0.1) is 23.2 Å². The van der Waals surface area contributed by atoms with Crippen LogP contribution in [0.25, 0.3) is 0 Å². The van der Waals surface area contributed by atoms with Crippen LogP contribution in [0.2, 0.25) is 18.1 Å². The molecule has 6 atom stereocenters. The summed E-state index contributed by atoms with van der Waals surface area (Å²) in [5, 5.41) is 11.1. The van der Waals surface area contributed by atoms with Crippen LogP contribution in [-0.4, -0.2) is 38.2 Å². The van der Waals surface area contributed by atoms with E-state index in [2.05, 4.69) is 47.7 Å². The molecule has 4 nitrogen and oxygen atoms in total. The average Bonchev–Trinajstić information content (AvgIpc) is 2.72. The van der Waals surface area contributed by atoms with Crippen LogP contribution in [0.3, 0.4) is 0 Å². The molecule has 0 saturated heterocycles. The topological polar surface area (TPSA) is 55.8 Å². The van der Waals surface area contributed by atoms with E-state index in [1.54, 1.807) is 0 Å². The summed E-state index contributed by atoms with van der Waals surface area (Å²) in [5.74, 6) is 0.0228. The first-order valence-corrected chi connectivity index (χ1v) is 12.8. The predicted octanol–water partition coefficient (Wildman–Crippen LogP) is 4.37. The van der Waals surface area contributed by atoms with E-state index in [1.807, 2.05) is 6.92 Å². The van der Waals surface area contributed by atoms with Gasteiger partial charge in [0.15, 0.2) is 8.32 Å². The highest BCUT2D eigenvalue weighted by Gasteiger charge is 2.59. The molecule has 5 heteroatoms. The van der Waals surface area contributed by atoms with Crippen molar-refractivity contribution in [1.29, 1.82) is 0 Å². The molecule has 0 bridgehead atoms. The molecule has 2 fully saturated rings. The van der Waals surface area contributed by atoms with Crippen molar-refractivity contribution >= 4 is 14.3 Å². The van der Waals surface area contributed by atoms with Gasteiger partial charge in [-0.1, -0.05) is 34.6 Å². The molecule has 25 heavy (non-hydrogen) atoms. The molecule has 146 valence electrons. The van der Waals surface area contributed by atoms with Crippen LogP contribution in [0.5, 0.6) is 0 Å². The van der Waals surface area contributed by atoms with Crippen molar-refractivity contribution in [3.8, 4) is 0 Å². The molecule has 1 unspecified atom stereocenters. The van der Waals surface area contributed by atoms with Gasteiger partial charge in [-0.2, -0.15) is 0 Å². The summed E-state index contributed by atoms with van der Waals surface area (Å²) in [5.41, 5.74) is -0.218. The van der Waals surface area contributed by atoms with E-state index in [-0.39, 0.29) is 28.4 Å². The van der Waals surface area contributed by atoms with E-state index in [4.69, 9.17) is 9.16 Å². The average molecular weight is 371 g/mol. The van der Waals surface area contributed by atoms with Crippen LogP contribution in [0.1, 0.15) is 60.8 Å². The number of hydrogen-bond acceptors (Lipinski definition) is 4. The molecule has 2 aliphatic carbocycles. The highest BCUT2D eigenvalue weighted by Crippen LogP contribution is 2.58. The minimum atomic E-state index is -1.81. The maximum Gasteiger partial charge on any atom is 0.311 e. The lowest BCUT2D eigenvalue weighted by molar-refractivity contribution is -0.153. The van der Waals surface area contributed by atoms with Gasteiger partial charge in [-0.05, 0) is 61.6 Å².